The van der Waals surface area contributed by atoms with Crippen LogP contribution in [0.2, 0.25) is 5.02 Å². The molecule has 3 aromatic rings. The monoisotopic (exact) mass is 412 g/mol. The lowest BCUT2D eigenvalue weighted by Gasteiger charge is -2.17. The molecule has 1 saturated carbocycles. The average molecular weight is 413 g/mol. The standard InChI is InChI=1S/C20H18ClFN6O/c21-15-7-16(22)14(20(29)26-12-3-4-12)6-13(15)11-8-25-28(10-11)18-9-24-19-17(23)2-1-5-27(18)19/h1-2,5-9,11-12H,3-4,10,23H2,(H,26,29). The highest BCUT2D eigenvalue weighted by Gasteiger charge is 2.29. The smallest absolute Gasteiger partial charge is 0.254 e. The van der Waals surface area contributed by atoms with E-state index in [9.17, 15) is 9.18 Å². The van der Waals surface area contributed by atoms with E-state index in [1.54, 1.807) is 23.5 Å². The third-order valence-corrected chi connectivity index (χ3v) is 5.54. The fraction of sp³-hybridized carbons (Fsp3) is 0.250. The van der Waals surface area contributed by atoms with E-state index in [4.69, 9.17) is 17.3 Å². The molecule has 0 radical (unpaired) electrons. The number of nitrogens with zero attached hydrogens (tertiary/aromatic N) is 4. The van der Waals surface area contributed by atoms with E-state index < -0.39 is 11.7 Å². The van der Waals surface area contributed by atoms with Crippen LogP contribution >= 0.6 is 11.6 Å². The highest BCUT2D eigenvalue weighted by Crippen LogP contribution is 2.32. The van der Waals surface area contributed by atoms with Crippen LogP contribution in [-0.4, -0.2) is 34.1 Å². The van der Waals surface area contributed by atoms with Crippen LogP contribution in [0.4, 0.5) is 15.9 Å². The van der Waals surface area contributed by atoms with E-state index in [-0.39, 0.29) is 22.5 Å². The Kier molecular flexibility index (Phi) is 4.16. The van der Waals surface area contributed by atoms with Gasteiger partial charge in [0.1, 0.15) is 5.82 Å². The molecule has 5 rings (SSSR count). The van der Waals surface area contributed by atoms with Crippen molar-refractivity contribution in [3.8, 4) is 0 Å². The first-order valence-electron chi connectivity index (χ1n) is 9.34. The van der Waals surface area contributed by atoms with Crippen molar-refractivity contribution in [3.63, 3.8) is 0 Å². The van der Waals surface area contributed by atoms with Crippen molar-refractivity contribution >= 4 is 40.9 Å². The third-order valence-electron chi connectivity index (χ3n) is 5.21. The molecule has 0 spiro atoms. The number of anilines is 2. The first kappa shape index (κ1) is 17.9. The molecule has 1 fully saturated rings. The van der Waals surface area contributed by atoms with Gasteiger partial charge in [-0.15, -0.1) is 0 Å². The number of hydrogen-bond acceptors (Lipinski definition) is 5. The second-order valence-corrected chi connectivity index (χ2v) is 7.74. The molecule has 1 aliphatic heterocycles. The predicted molar refractivity (Wildman–Crippen MR) is 110 cm³/mol. The van der Waals surface area contributed by atoms with Crippen molar-refractivity contribution in [1.82, 2.24) is 14.7 Å². The van der Waals surface area contributed by atoms with Crippen LogP contribution < -0.4 is 16.1 Å². The van der Waals surface area contributed by atoms with Crippen molar-refractivity contribution in [2.75, 3.05) is 17.3 Å². The summed E-state index contributed by atoms with van der Waals surface area (Å²) in [6.07, 6.45) is 7.17. The minimum absolute atomic E-state index is 0.00530. The number of aromatic nitrogens is 2. The largest absolute Gasteiger partial charge is 0.396 e. The Balaban J connectivity index is 1.43. The first-order chi connectivity index (χ1) is 14.0. The average Bonchev–Trinajstić information content (AvgIpc) is 3.19. The molecular weight excluding hydrogens is 395 g/mol. The fourth-order valence-electron chi connectivity index (χ4n) is 3.50. The number of nitrogen functional groups attached to an aromatic ring is 1. The Labute approximate surface area is 171 Å². The molecule has 29 heavy (non-hydrogen) atoms. The van der Waals surface area contributed by atoms with Gasteiger partial charge in [0.15, 0.2) is 11.5 Å². The molecule has 0 bridgehead atoms. The van der Waals surface area contributed by atoms with Gasteiger partial charge in [0, 0.05) is 29.4 Å². The van der Waals surface area contributed by atoms with Crippen molar-refractivity contribution in [2.45, 2.75) is 24.8 Å². The zero-order chi connectivity index (χ0) is 20.1. The summed E-state index contributed by atoms with van der Waals surface area (Å²) in [5, 5.41) is 9.34. The summed E-state index contributed by atoms with van der Waals surface area (Å²) in [6, 6.07) is 6.50. The fourth-order valence-corrected chi connectivity index (χ4v) is 3.79. The van der Waals surface area contributed by atoms with Gasteiger partial charge in [-0.25, -0.2) is 14.4 Å². The molecular formula is C20H18ClFN6O. The van der Waals surface area contributed by atoms with Crippen molar-refractivity contribution in [1.29, 1.82) is 0 Å². The molecule has 9 heteroatoms. The number of halogens is 2. The minimum Gasteiger partial charge on any atom is -0.396 e. The molecule has 3 heterocycles. The Bertz CT molecular complexity index is 1160. The number of carbonyl (C=O) groups excluding carboxylic acids is 1. The number of rotatable bonds is 4. The molecule has 1 atom stereocenters. The van der Waals surface area contributed by atoms with E-state index in [2.05, 4.69) is 15.4 Å². The van der Waals surface area contributed by atoms with E-state index >= 15 is 0 Å². The molecule has 1 aliphatic carbocycles. The predicted octanol–water partition coefficient (Wildman–Crippen LogP) is 3.19. The van der Waals surface area contributed by atoms with Gasteiger partial charge in [-0.2, -0.15) is 5.10 Å². The van der Waals surface area contributed by atoms with Gasteiger partial charge < -0.3 is 11.1 Å². The maximum Gasteiger partial charge on any atom is 0.254 e. The molecule has 2 aromatic heterocycles. The zero-order valence-electron chi connectivity index (χ0n) is 15.3. The second-order valence-electron chi connectivity index (χ2n) is 7.33. The van der Waals surface area contributed by atoms with Crippen LogP contribution in [-0.2, 0) is 0 Å². The Morgan fingerprint density at radius 1 is 1.34 bits per heavy atom. The summed E-state index contributed by atoms with van der Waals surface area (Å²) in [7, 11) is 0. The van der Waals surface area contributed by atoms with Gasteiger partial charge in [0.25, 0.3) is 5.91 Å². The number of fused-ring (bicyclic) bond motifs is 1. The second kappa shape index (κ2) is 6.73. The van der Waals surface area contributed by atoms with Crippen LogP contribution in [0.5, 0.6) is 0 Å². The number of hydrazone groups is 1. The number of carbonyl (C=O) groups is 1. The number of nitrogens with one attached hydrogen (secondary N) is 1. The maximum atomic E-state index is 14.3. The van der Waals surface area contributed by atoms with Crippen LogP contribution in [0, 0.1) is 5.82 Å². The number of amides is 1. The zero-order valence-corrected chi connectivity index (χ0v) is 16.1. The molecule has 7 nitrogen and oxygen atoms in total. The Morgan fingerprint density at radius 2 is 2.17 bits per heavy atom. The van der Waals surface area contributed by atoms with Gasteiger partial charge in [-0.3, -0.25) is 9.20 Å². The lowest BCUT2D eigenvalue weighted by Crippen LogP contribution is -2.26. The molecule has 1 amide bonds. The number of benzene rings is 1. The summed E-state index contributed by atoms with van der Waals surface area (Å²) < 4.78 is 16.2. The highest BCUT2D eigenvalue weighted by molar-refractivity contribution is 6.31. The van der Waals surface area contributed by atoms with Crippen molar-refractivity contribution < 1.29 is 9.18 Å². The molecule has 1 unspecified atom stereocenters. The molecule has 0 saturated heterocycles. The number of pyridine rings is 1. The van der Waals surface area contributed by atoms with Gasteiger partial charge in [0.2, 0.25) is 0 Å². The molecule has 1 aromatic carbocycles. The van der Waals surface area contributed by atoms with E-state index in [1.807, 2.05) is 16.7 Å². The van der Waals surface area contributed by atoms with Crippen LogP contribution in [0.3, 0.4) is 0 Å². The summed E-state index contributed by atoms with van der Waals surface area (Å²) in [4.78, 5) is 16.7. The molecule has 2 aliphatic rings. The van der Waals surface area contributed by atoms with Gasteiger partial charge >= 0.3 is 0 Å². The molecule has 3 N–H and O–H groups in total. The Hall–Kier alpha value is -3.13. The quantitative estimate of drug-likeness (QED) is 0.688. The number of hydrogen-bond donors (Lipinski definition) is 2. The minimum atomic E-state index is -0.624. The first-order valence-corrected chi connectivity index (χ1v) is 9.72. The summed E-state index contributed by atoms with van der Waals surface area (Å²) >= 11 is 6.31. The van der Waals surface area contributed by atoms with Crippen molar-refractivity contribution in [2.24, 2.45) is 5.10 Å². The van der Waals surface area contributed by atoms with Crippen molar-refractivity contribution in [3.05, 3.63) is 58.6 Å². The van der Waals surface area contributed by atoms with Crippen LogP contribution in [0.15, 0.2) is 41.8 Å². The lowest BCUT2D eigenvalue weighted by molar-refractivity contribution is 0.0947. The van der Waals surface area contributed by atoms with E-state index in [0.717, 1.165) is 18.7 Å². The normalized spacial score (nSPS) is 18.6. The lowest BCUT2D eigenvalue weighted by atomic mass is 9.98. The molecule has 148 valence electrons. The van der Waals surface area contributed by atoms with E-state index in [0.29, 0.717) is 23.4 Å². The summed E-state index contributed by atoms with van der Waals surface area (Å²) in [5.41, 5.74) is 7.87. The SMILES string of the molecule is Nc1cccn2c(N3CC(c4cc(C(=O)NC5CC5)c(F)cc4Cl)C=N3)cnc12. The summed E-state index contributed by atoms with van der Waals surface area (Å²) in [5.74, 6) is -0.467. The third kappa shape index (κ3) is 3.19. The van der Waals surface area contributed by atoms with Crippen LogP contribution in [0.25, 0.3) is 5.65 Å². The van der Waals surface area contributed by atoms with Gasteiger partial charge in [0.05, 0.1) is 24.0 Å². The van der Waals surface area contributed by atoms with Crippen LogP contribution in [0.1, 0.15) is 34.7 Å². The highest BCUT2D eigenvalue weighted by atomic mass is 35.5. The van der Waals surface area contributed by atoms with E-state index in [1.165, 1.54) is 12.1 Å². The number of imidazole rings is 1. The topological polar surface area (TPSA) is 88.0 Å². The van der Waals surface area contributed by atoms with Gasteiger partial charge in [-0.05, 0) is 42.7 Å². The summed E-state index contributed by atoms with van der Waals surface area (Å²) in [6.45, 7) is 0.484. The Morgan fingerprint density at radius 3 is 2.97 bits per heavy atom. The maximum absolute atomic E-state index is 14.3. The number of nitrogens with two attached hydrogens (primary N) is 1. The van der Waals surface area contributed by atoms with Gasteiger partial charge in [-0.1, -0.05) is 11.6 Å².